The largest absolute Gasteiger partial charge is 0.694 e. The zero-order valence-corrected chi connectivity index (χ0v) is 45.5. The molecule has 4 saturated heterocycles. The third-order valence-corrected chi connectivity index (χ3v) is 16.5. The van der Waals surface area contributed by atoms with Gasteiger partial charge >= 0.3 is 43.1 Å². The first kappa shape index (κ1) is 61.1. The molecule has 84 heavy (non-hydrogen) atoms. The lowest BCUT2D eigenvalue weighted by atomic mass is 10.1. The highest BCUT2D eigenvalue weighted by Gasteiger charge is 2.55. The van der Waals surface area contributed by atoms with Crippen molar-refractivity contribution in [1.29, 1.82) is 0 Å². The SMILES string of the molecule is Nc1ncnc2c1ncn2[C@@H]1O[C@H](CO[P+](=O)O)[C@@H](OP(=O)(O)OC[C@H]2O[C@@H](n3cnc4c(N)ncnc43)[C@H](O)[C@@H]2OP(=O)(O)OC[C@H]2O[C@@H](n3ccc(=O)[nH]c3=O)[C@H](O)[C@@H]2OP(=O)(O)OC[C@H]2O[C@@H](n3ccc(=O)[nH]c3=O)[C@H](O)[C@@H]2O)[C@H]1O. The summed E-state index contributed by atoms with van der Waals surface area (Å²) in [6.07, 6.45) is -24.5. The van der Waals surface area contributed by atoms with E-state index in [1.807, 2.05) is 9.97 Å². The molecule has 0 amide bonds. The van der Waals surface area contributed by atoms with Gasteiger partial charge in [0.15, 0.2) is 47.8 Å². The van der Waals surface area contributed by atoms with Gasteiger partial charge in [0, 0.05) is 29.1 Å². The average molecular weight is 1270 g/mol. The van der Waals surface area contributed by atoms with Gasteiger partial charge in [-0.25, -0.2) is 53.2 Å². The van der Waals surface area contributed by atoms with E-state index in [0.29, 0.717) is 9.13 Å². The summed E-state index contributed by atoms with van der Waals surface area (Å²) in [6, 6.07) is 1.71. The number of aromatic amines is 2. The molecule has 0 spiro atoms. The minimum absolute atomic E-state index is 0.0124. The summed E-state index contributed by atoms with van der Waals surface area (Å²) in [7, 11) is -20.2. The molecule has 0 saturated carbocycles. The van der Waals surface area contributed by atoms with Crippen molar-refractivity contribution in [2.24, 2.45) is 0 Å². The van der Waals surface area contributed by atoms with Crippen molar-refractivity contribution >= 4 is 65.7 Å². The van der Waals surface area contributed by atoms with Gasteiger partial charge in [-0.2, -0.15) is 0 Å². The first-order valence-electron chi connectivity index (χ1n) is 24.0. The molecule has 4 aliphatic heterocycles. The maximum atomic E-state index is 14.0. The molecule has 10 rings (SSSR count). The van der Waals surface area contributed by atoms with E-state index in [1.165, 1.54) is 0 Å². The summed E-state index contributed by atoms with van der Waals surface area (Å²) in [5.74, 6) is -0.215. The fourth-order valence-electron chi connectivity index (χ4n) is 9.30. The van der Waals surface area contributed by atoms with Crippen LogP contribution < -0.4 is 34.0 Å². The van der Waals surface area contributed by atoms with Crippen molar-refractivity contribution < 1.29 is 114 Å². The molecule has 6 aromatic heterocycles. The van der Waals surface area contributed by atoms with E-state index in [2.05, 4.69) is 29.9 Å². The summed E-state index contributed by atoms with van der Waals surface area (Å²) in [6.45, 7) is -4.43. The lowest BCUT2D eigenvalue weighted by Crippen LogP contribution is -2.39. The van der Waals surface area contributed by atoms with Crippen LogP contribution >= 0.6 is 31.7 Å². The molecule has 4 aliphatic rings. The zero-order valence-electron chi connectivity index (χ0n) is 41.9. The number of aliphatic hydroxyl groups excluding tert-OH is 5. The predicted molar refractivity (Wildman–Crippen MR) is 266 cm³/mol. The Morgan fingerprint density at radius 3 is 1.27 bits per heavy atom. The van der Waals surface area contributed by atoms with E-state index < -0.39 is 179 Å². The van der Waals surface area contributed by atoms with Gasteiger partial charge in [0.2, 0.25) is 0 Å². The second-order valence-corrected chi connectivity index (χ2v) is 23.4. The lowest BCUT2D eigenvalue weighted by molar-refractivity contribution is -0.0650. The molecular formula is C38H47N14O28P4+. The number of imidazole rings is 2. The third kappa shape index (κ3) is 12.6. The predicted octanol–water partition coefficient (Wildman–Crippen LogP) is -5.50. The van der Waals surface area contributed by atoms with Crippen molar-refractivity contribution in [2.45, 2.75) is 98.2 Å². The van der Waals surface area contributed by atoms with E-state index in [-0.39, 0.29) is 34.0 Å². The number of ether oxygens (including phenoxy) is 4. The number of nitrogens with zero attached hydrogens (tertiary/aromatic N) is 10. The second-order valence-electron chi connectivity index (χ2n) is 18.5. The lowest BCUT2D eigenvalue weighted by Gasteiger charge is -2.26. The molecule has 0 aromatic carbocycles. The number of rotatable bonds is 22. The molecule has 0 aliphatic carbocycles. The number of hydrogen-bond donors (Lipinski definition) is 13. The number of hydrogen-bond acceptors (Lipinski definition) is 32. The van der Waals surface area contributed by atoms with Crippen LogP contribution in [0.2, 0.25) is 0 Å². The Balaban J connectivity index is 0.865. The molecule has 20 atom stereocenters. The maximum absolute atomic E-state index is 14.0. The molecule has 10 heterocycles. The summed E-state index contributed by atoms with van der Waals surface area (Å²) < 4.78 is 116. The van der Waals surface area contributed by atoms with Crippen molar-refractivity contribution in [2.75, 3.05) is 37.9 Å². The van der Waals surface area contributed by atoms with Gasteiger partial charge in [-0.15, -0.1) is 9.42 Å². The minimum Gasteiger partial charge on any atom is -0.387 e. The average Bonchev–Trinajstić information content (AvgIpc) is 4.41. The molecule has 456 valence electrons. The highest BCUT2D eigenvalue weighted by molar-refractivity contribution is 7.48. The van der Waals surface area contributed by atoms with Gasteiger partial charge < -0.3 is 70.6 Å². The van der Waals surface area contributed by atoms with Crippen molar-refractivity contribution in [3.63, 3.8) is 0 Å². The number of aliphatic hydroxyl groups is 5. The van der Waals surface area contributed by atoms with Crippen LogP contribution in [0.15, 0.2) is 69.0 Å². The van der Waals surface area contributed by atoms with Crippen LogP contribution in [0.4, 0.5) is 11.6 Å². The molecule has 0 radical (unpaired) electrons. The van der Waals surface area contributed by atoms with Crippen LogP contribution in [0.1, 0.15) is 24.9 Å². The van der Waals surface area contributed by atoms with Gasteiger partial charge in [-0.05, 0) is 0 Å². The van der Waals surface area contributed by atoms with Crippen LogP contribution in [-0.2, 0) is 68.9 Å². The van der Waals surface area contributed by atoms with Crippen molar-refractivity contribution in [1.82, 2.24) is 58.1 Å². The fourth-order valence-corrected chi connectivity index (χ4v) is 12.5. The van der Waals surface area contributed by atoms with Gasteiger partial charge in [0.05, 0.1) is 32.5 Å². The number of nitrogens with two attached hydrogens (primary N) is 2. The normalized spacial score (nSPS) is 32.2. The second kappa shape index (κ2) is 24.1. The highest BCUT2D eigenvalue weighted by atomic mass is 31.2. The number of phosphoric acid groups is 3. The van der Waals surface area contributed by atoms with Crippen LogP contribution in [0.25, 0.3) is 22.3 Å². The van der Waals surface area contributed by atoms with Gasteiger partial charge in [0.25, 0.3) is 11.1 Å². The monoisotopic (exact) mass is 1270 g/mol. The summed E-state index contributed by atoms with van der Waals surface area (Å²) in [5, 5.41) is 56.0. The Labute approximate surface area is 464 Å². The number of H-pyrrole nitrogens is 2. The summed E-state index contributed by atoms with van der Waals surface area (Å²) in [4.78, 5) is 119. The van der Waals surface area contributed by atoms with E-state index in [4.69, 9.17) is 62.1 Å². The van der Waals surface area contributed by atoms with Gasteiger partial charge in [-0.1, -0.05) is 0 Å². The number of phosphoric ester groups is 3. The third-order valence-electron chi connectivity index (χ3n) is 13.2. The molecule has 4 fully saturated rings. The van der Waals surface area contributed by atoms with E-state index >= 15 is 0 Å². The number of nitrogens with one attached hydrogen (secondary N) is 2. The quantitative estimate of drug-likeness (QED) is 0.0282. The summed E-state index contributed by atoms with van der Waals surface area (Å²) in [5.41, 5.74) is 7.79. The van der Waals surface area contributed by atoms with Crippen LogP contribution in [-0.4, -0.2) is 203 Å². The number of fused-ring (bicyclic) bond motifs is 2. The number of nitrogen functional groups attached to an aromatic ring is 2. The Bertz CT molecular complexity index is 3830. The van der Waals surface area contributed by atoms with Gasteiger partial charge in [-0.3, -0.25) is 65.0 Å². The van der Waals surface area contributed by atoms with E-state index in [1.54, 1.807) is 0 Å². The number of aromatic nitrogens is 12. The van der Waals surface area contributed by atoms with Crippen LogP contribution in [0.5, 0.6) is 0 Å². The first-order chi connectivity index (χ1) is 39.7. The molecule has 4 unspecified atom stereocenters. The van der Waals surface area contributed by atoms with Crippen molar-refractivity contribution in [3.05, 3.63) is 91.5 Å². The summed E-state index contributed by atoms with van der Waals surface area (Å²) >= 11 is 0. The Morgan fingerprint density at radius 2 is 0.881 bits per heavy atom. The Morgan fingerprint density at radius 1 is 0.524 bits per heavy atom. The Kier molecular flexibility index (Phi) is 17.5. The zero-order chi connectivity index (χ0) is 60.3. The molecule has 6 aromatic rings. The molecular weight excluding hydrogens is 1220 g/mol. The smallest absolute Gasteiger partial charge is 0.387 e. The molecule has 0 bridgehead atoms. The minimum atomic E-state index is -5.75. The van der Waals surface area contributed by atoms with E-state index in [9.17, 15) is 82.5 Å². The van der Waals surface area contributed by atoms with E-state index in [0.717, 1.165) is 59.0 Å². The fraction of sp³-hybridized carbons (Fsp3) is 0.526. The first-order valence-corrected chi connectivity index (χ1v) is 29.6. The van der Waals surface area contributed by atoms with Crippen molar-refractivity contribution in [3.8, 4) is 0 Å². The topological polar surface area (TPSA) is 601 Å². The standard InChI is InChI=1S/C38H46N14O28P4/c39-29-19-31(43-9-41-29)51(11-45-19)35-24(58)26(14(75-35)5-70-81(62)63)78-83(66,67)73-8-16-28(25(59)36(77-16)52-12-46-20-30(40)42-10-44-32(20)52)80-84(68,69)72-7-15-27(23(57)34(76-15)50-4-2-18(54)48-38(50)61)79-82(64,65)71-6-13-21(55)22(56)33(74-13)49-3-1-17(53)47-37(49)60/h1-4,9-16,21-28,33-36,55-59H,5-8H2,(H9-,39,40,41,42,43,44,47,48,53,54,60,61,62,63,64,65,66,67,68,69)/p+1/t13-,14-,15-,16-,21-,22-,23-,24-,25-,26-,27-,28-,33-,34-,35-,36-/m1/s1. The Hall–Kier alpha value is -5.95. The number of anilines is 2. The highest BCUT2D eigenvalue weighted by Crippen LogP contribution is 2.54. The molecule has 42 nitrogen and oxygen atoms in total. The molecule has 46 heteroatoms. The van der Waals surface area contributed by atoms with Gasteiger partial charge in [0.1, 0.15) is 104 Å². The van der Waals surface area contributed by atoms with Crippen LogP contribution in [0, 0.1) is 0 Å². The van der Waals surface area contributed by atoms with Crippen LogP contribution in [0.3, 0.4) is 0 Å². The maximum Gasteiger partial charge on any atom is 0.694 e. The molecule has 15 N–H and O–H groups in total.